The normalized spacial score (nSPS) is 29.4. The van der Waals surface area contributed by atoms with E-state index in [0.717, 1.165) is 54.4 Å². The van der Waals surface area contributed by atoms with Crippen molar-refractivity contribution in [1.29, 1.82) is 5.26 Å². The summed E-state index contributed by atoms with van der Waals surface area (Å²) in [5.41, 5.74) is 12.2. The standard InChI is InChI=1S/C26H26FN3O/c1-15-16(2)26(30-24(15)29)22-12-18(17-5-6-23(27)20(11-17)14-28)3-4-19(22)13-25(26)9-7-21(31)8-10-25/h3-6,11-12,21,31H,7-10,13H2,1-2H3,(H2,29,30). The molecule has 1 unspecified atom stereocenters. The Morgan fingerprint density at radius 2 is 1.81 bits per heavy atom. The van der Waals surface area contributed by atoms with Crippen LogP contribution < -0.4 is 5.73 Å². The van der Waals surface area contributed by atoms with Crippen LogP contribution in [-0.4, -0.2) is 17.0 Å². The molecular weight excluding hydrogens is 389 g/mol. The smallest absolute Gasteiger partial charge is 0.140 e. The average molecular weight is 416 g/mol. The number of aliphatic imine (C=N–C) groups is 1. The van der Waals surface area contributed by atoms with Gasteiger partial charge in [0.2, 0.25) is 0 Å². The maximum Gasteiger partial charge on any atom is 0.140 e. The van der Waals surface area contributed by atoms with E-state index in [2.05, 4.69) is 19.1 Å². The quantitative estimate of drug-likeness (QED) is 0.705. The van der Waals surface area contributed by atoms with Gasteiger partial charge in [0.05, 0.1) is 11.7 Å². The van der Waals surface area contributed by atoms with Crippen LogP contribution in [0.3, 0.4) is 0 Å². The number of halogens is 1. The minimum absolute atomic E-state index is 0.0421. The van der Waals surface area contributed by atoms with Crippen molar-refractivity contribution in [2.24, 2.45) is 16.1 Å². The Bertz CT molecular complexity index is 1200. The minimum Gasteiger partial charge on any atom is -0.393 e. The molecule has 1 atom stereocenters. The molecule has 4 nitrogen and oxygen atoms in total. The summed E-state index contributed by atoms with van der Waals surface area (Å²) in [6.45, 7) is 4.17. The lowest BCUT2D eigenvalue weighted by Crippen LogP contribution is -2.45. The summed E-state index contributed by atoms with van der Waals surface area (Å²) in [6, 6.07) is 12.9. The number of nitrogens with zero attached hydrogens (tertiary/aromatic N) is 2. The zero-order chi connectivity index (χ0) is 22.0. The second-order valence-electron chi connectivity index (χ2n) is 9.32. The van der Waals surface area contributed by atoms with Gasteiger partial charge in [0, 0.05) is 5.41 Å². The monoisotopic (exact) mass is 415 g/mol. The van der Waals surface area contributed by atoms with Crippen molar-refractivity contribution in [3.05, 3.63) is 70.1 Å². The lowest BCUT2D eigenvalue weighted by molar-refractivity contribution is 0.0321. The molecule has 0 aromatic heterocycles. The van der Waals surface area contributed by atoms with Crippen molar-refractivity contribution >= 4 is 5.84 Å². The van der Waals surface area contributed by atoms with Crippen LogP contribution in [0, 0.1) is 22.6 Å². The number of rotatable bonds is 1. The van der Waals surface area contributed by atoms with Crippen molar-refractivity contribution < 1.29 is 9.50 Å². The Morgan fingerprint density at radius 3 is 2.45 bits per heavy atom. The summed E-state index contributed by atoms with van der Waals surface area (Å²) in [7, 11) is 0. The Hall–Kier alpha value is -2.97. The highest BCUT2D eigenvalue weighted by molar-refractivity contribution is 6.00. The number of nitriles is 1. The van der Waals surface area contributed by atoms with Crippen molar-refractivity contribution in [2.45, 2.75) is 57.6 Å². The molecular formula is C26H26FN3O. The maximum atomic E-state index is 13.9. The molecule has 0 bridgehead atoms. The van der Waals surface area contributed by atoms with Gasteiger partial charge >= 0.3 is 0 Å². The summed E-state index contributed by atoms with van der Waals surface area (Å²) in [6.07, 6.45) is 3.99. The van der Waals surface area contributed by atoms with Gasteiger partial charge in [-0.25, -0.2) is 4.39 Å². The Balaban J connectivity index is 1.71. The lowest BCUT2D eigenvalue weighted by atomic mass is 9.59. The highest BCUT2D eigenvalue weighted by atomic mass is 19.1. The number of benzene rings is 2. The molecule has 1 heterocycles. The first-order valence-electron chi connectivity index (χ1n) is 10.9. The van der Waals surface area contributed by atoms with E-state index in [4.69, 9.17) is 10.7 Å². The van der Waals surface area contributed by atoms with Gasteiger partial charge in [0.1, 0.15) is 23.3 Å². The van der Waals surface area contributed by atoms with Crippen molar-refractivity contribution in [2.75, 3.05) is 0 Å². The van der Waals surface area contributed by atoms with Crippen LogP contribution in [0.15, 0.2) is 52.5 Å². The summed E-state index contributed by atoms with van der Waals surface area (Å²) < 4.78 is 13.9. The maximum absolute atomic E-state index is 13.9. The molecule has 2 aromatic rings. The fourth-order valence-electron chi connectivity index (χ4n) is 6.10. The molecule has 2 aromatic carbocycles. The topological polar surface area (TPSA) is 82.4 Å². The first kappa shape index (κ1) is 20.0. The van der Waals surface area contributed by atoms with Crippen LogP contribution in [0.4, 0.5) is 4.39 Å². The summed E-state index contributed by atoms with van der Waals surface area (Å²) in [5, 5.41) is 19.5. The van der Waals surface area contributed by atoms with Crippen LogP contribution in [0.1, 0.15) is 56.2 Å². The molecule has 0 saturated heterocycles. The van der Waals surface area contributed by atoms with E-state index in [0.29, 0.717) is 5.84 Å². The van der Waals surface area contributed by atoms with Gasteiger partial charge in [-0.05, 0) is 97.6 Å². The van der Waals surface area contributed by atoms with E-state index in [1.165, 1.54) is 17.2 Å². The van der Waals surface area contributed by atoms with Gasteiger partial charge in [0.15, 0.2) is 0 Å². The second kappa shape index (κ2) is 6.77. The molecule has 1 fully saturated rings. The summed E-state index contributed by atoms with van der Waals surface area (Å²) in [5.74, 6) is 0.0842. The number of aliphatic hydroxyl groups is 1. The predicted molar refractivity (Wildman–Crippen MR) is 119 cm³/mol. The van der Waals surface area contributed by atoms with Crippen molar-refractivity contribution in [3.63, 3.8) is 0 Å². The van der Waals surface area contributed by atoms with Crippen molar-refractivity contribution in [1.82, 2.24) is 0 Å². The molecule has 0 amide bonds. The zero-order valence-electron chi connectivity index (χ0n) is 17.9. The molecule has 2 spiro atoms. The van der Waals surface area contributed by atoms with Crippen LogP contribution in [0.2, 0.25) is 0 Å². The van der Waals surface area contributed by atoms with Crippen LogP contribution >= 0.6 is 0 Å². The van der Waals surface area contributed by atoms with Gasteiger partial charge in [-0.1, -0.05) is 18.2 Å². The second-order valence-corrected chi connectivity index (χ2v) is 9.32. The number of nitrogens with two attached hydrogens (primary N) is 1. The predicted octanol–water partition coefficient (Wildman–Crippen LogP) is 4.74. The fourth-order valence-corrected chi connectivity index (χ4v) is 6.10. The number of fused-ring (bicyclic) bond motifs is 3. The number of amidine groups is 1. The zero-order valence-corrected chi connectivity index (χ0v) is 17.9. The number of aliphatic hydroxyl groups excluding tert-OH is 1. The van der Waals surface area contributed by atoms with E-state index >= 15 is 0 Å². The number of hydrogen-bond acceptors (Lipinski definition) is 4. The molecule has 3 aliphatic rings. The Morgan fingerprint density at radius 1 is 1.13 bits per heavy atom. The fraction of sp³-hybridized carbons (Fsp3) is 0.385. The molecule has 2 aliphatic carbocycles. The largest absolute Gasteiger partial charge is 0.393 e. The molecule has 3 N–H and O–H groups in total. The Labute approximate surface area is 181 Å². The summed E-state index contributed by atoms with van der Waals surface area (Å²) >= 11 is 0. The molecule has 158 valence electrons. The number of hydrogen-bond donors (Lipinski definition) is 2. The van der Waals surface area contributed by atoms with E-state index < -0.39 is 11.4 Å². The molecule has 5 rings (SSSR count). The first-order chi connectivity index (χ1) is 14.8. The Kier molecular flexibility index (Phi) is 4.36. The van der Waals surface area contributed by atoms with Crippen molar-refractivity contribution in [3.8, 4) is 17.2 Å². The molecule has 1 aliphatic heterocycles. The highest BCUT2D eigenvalue weighted by Crippen LogP contribution is 2.64. The highest BCUT2D eigenvalue weighted by Gasteiger charge is 2.61. The molecule has 1 saturated carbocycles. The van der Waals surface area contributed by atoms with Crippen LogP contribution in [0.25, 0.3) is 11.1 Å². The van der Waals surface area contributed by atoms with E-state index in [9.17, 15) is 14.8 Å². The van der Waals surface area contributed by atoms with Gasteiger partial charge < -0.3 is 10.8 Å². The van der Waals surface area contributed by atoms with Crippen LogP contribution in [0.5, 0.6) is 0 Å². The van der Waals surface area contributed by atoms with Gasteiger partial charge in [-0.2, -0.15) is 5.26 Å². The third-order valence-corrected chi connectivity index (χ3v) is 7.91. The van der Waals surface area contributed by atoms with E-state index in [1.807, 2.05) is 19.1 Å². The third-order valence-electron chi connectivity index (χ3n) is 7.91. The van der Waals surface area contributed by atoms with Gasteiger partial charge in [-0.15, -0.1) is 0 Å². The minimum atomic E-state index is -0.523. The average Bonchev–Trinajstić information content (AvgIpc) is 3.17. The summed E-state index contributed by atoms with van der Waals surface area (Å²) in [4.78, 5) is 5.13. The van der Waals surface area contributed by atoms with E-state index in [1.54, 1.807) is 12.1 Å². The molecule has 5 heteroatoms. The van der Waals surface area contributed by atoms with E-state index in [-0.39, 0.29) is 17.1 Å². The van der Waals surface area contributed by atoms with Gasteiger partial charge in [-0.3, -0.25) is 4.99 Å². The molecule has 0 radical (unpaired) electrons. The lowest BCUT2D eigenvalue weighted by Gasteiger charge is -2.47. The SMILES string of the molecule is CC1=C(C)C2(N=C1N)c1cc(-c3ccc(F)c(C#N)c3)ccc1CC21CCC(O)CC1. The van der Waals surface area contributed by atoms with Crippen LogP contribution in [-0.2, 0) is 12.0 Å². The molecule has 31 heavy (non-hydrogen) atoms. The van der Waals surface area contributed by atoms with Gasteiger partial charge in [0.25, 0.3) is 0 Å². The third kappa shape index (κ3) is 2.64. The first-order valence-corrected chi connectivity index (χ1v) is 10.9.